The Kier molecular flexibility index (Phi) is 6.10. The van der Waals surface area contributed by atoms with Crippen LogP contribution in [0.15, 0.2) is 53.3 Å². The van der Waals surface area contributed by atoms with Gasteiger partial charge in [-0.25, -0.2) is 0 Å². The molecular weight excluding hydrogens is 358 g/mol. The fourth-order valence-electron chi connectivity index (χ4n) is 2.35. The topological polar surface area (TPSA) is 110 Å². The molecule has 0 atom stereocenters. The van der Waals surface area contributed by atoms with Gasteiger partial charge in [-0.3, -0.25) is 14.6 Å². The van der Waals surface area contributed by atoms with E-state index in [4.69, 9.17) is 10.9 Å². The molecule has 0 aliphatic carbocycles. The average molecular weight is 375 g/mol. The molecular formula is C20H17N5O3. The van der Waals surface area contributed by atoms with E-state index in [0.717, 1.165) is 5.56 Å². The van der Waals surface area contributed by atoms with Crippen LogP contribution in [0.3, 0.4) is 0 Å². The molecule has 0 radical (unpaired) electrons. The number of terminal acetylenes is 1. The van der Waals surface area contributed by atoms with E-state index >= 15 is 0 Å². The number of benzene rings is 1. The number of nitrogens with one attached hydrogen (secondary N) is 2. The van der Waals surface area contributed by atoms with Crippen LogP contribution in [0.5, 0.6) is 0 Å². The number of amides is 2. The molecule has 3 rings (SSSR count). The second-order valence-corrected chi connectivity index (χ2v) is 5.80. The van der Waals surface area contributed by atoms with Crippen molar-refractivity contribution in [3.8, 4) is 23.7 Å². The highest BCUT2D eigenvalue weighted by molar-refractivity contribution is 5.94. The molecule has 28 heavy (non-hydrogen) atoms. The van der Waals surface area contributed by atoms with E-state index in [-0.39, 0.29) is 31.2 Å². The minimum atomic E-state index is -0.348. The lowest BCUT2D eigenvalue weighted by Gasteiger charge is -2.07. The quantitative estimate of drug-likeness (QED) is 0.610. The first-order valence-corrected chi connectivity index (χ1v) is 8.50. The lowest BCUT2D eigenvalue weighted by Crippen LogP contribution is -2.33. The summed E-state index contributed by atoms with van der Waals surface area (Å²) < 4.78 is 5.13. The third-order valence-corrected chi connectivity index (χ3v) is 3.71. The largest absolute Gasteiger partial charge is 0.347 e. The molecule has 0 spiro atoms. The van der Waals surface area contributed by atoms with Gasteiger partial charge in [0.25, 0.3) is 0 Å². The number of aromatic nitrogens is 3. The van der Waals surface area contributed by atoms with E-state index in [9.17, 15) is 9.59 Å². The number of rotatable bonds is 7. The molecule has 0 aliphatic rings. The predicted octanol–water partition coefficient (Wildman–Crippen LogP) is 1.80. The van der Waals surface area contributed by atoms with Crippen LogP contribution in [-0.2, 0) is 16.0 Å². The van der Waals surface area contributed by atoms with Crippen molar-refractivity contribution in [3.05, 3.63) is 60.2 Å². The van der Waals surface area contributed by atoms with Gasteiger partial charge >= 0.3 is 0 Å². The average Bonchev–Trinajstić information content (AvgIpc) is 3.20. The molecule has 1 aromatic carbocycles. The maximum Gasteiger partial charge on any atom is 0.243 e. The third kappa shape index (κ3) is 5.25. The molecule has 8 heteroatoms. The van der Waals surface area contributed by atoms with Crippen molar-refractivity contribution in [2.24, 2.45) is 0 Å². The predicted molar refractivity (Wildman–Crippen MR) is 102 cm³/mol. The van der Waals surface area contributed by atoms with Gasteiger partial charge in [0, 0.05) is 42.0 Å². The van der Waals surface area contributed by atoms with Crippen molar-refractivity contribution >= 4 is 17.5 Å². The van der Waals surface area contributed by atoms with Gasteiger partial charge in [0.05, 0.1) is 6.54 Å². The maximum atomic E-state index is 11.9. The van der Waals surface area contributed by atoms with Crippen molar-refractivity contribution in [1.29, 1.82) is 0 Å². The second kappa shape index (κ2) is 9.09. The number of hydrogen-bond donors (Lipinski definition) is 2. The molecule has 140 valence electrons. The molecule has 0 saturated carbocycles. The van der Waals surface area contributed by atoms with Crippen molar-refractivity contribution in [1.82, 2.24) is 20.4 Å². The molecule has 0 unspecified atom stereocenters. The van der Waals surface area contributed by atoms with E-state index in [0.29, 0.717) is 23.0 Å². The van der Waals surface area contributed by atoms with E-state index < -0.39 is 0 Å². The number of nitrogens with zero attached hydrogens (tertiary/aromatic N) is 3. The molecule has 3 aromatic rings. The molecule has 0 saturated heterocycles. The summed E-state index contributed by atoms with van der Waals surface area (Å²) >= 11 is 0. The van der Waals surface area contributed by atoms with Crippen molar-refractivity contribution in [2.75, 3.05) is 11.9 Å². The van der Waals surface area contributed by atoms with Gasteiger partial charge in [0.15, 0.2) is 0 Å². The molecule has 0 fully saturated rings. The van der Waals surface area contributed by atoms with Crippen LogP contribution in [0.2, 0.25) is 0 Å². The first-order valence-electron chi connectivity index (χ1n) is 8.50. The van der Waals surface area contributed by atoms with Crippen LogP contribution in [0.4, 0.5) is 5.69 Å². The zero-order valence-electron chi connectivity index (χ0n) is 14.9. The van der Waals surface area contributed by atoms with Crippen LogP contribution in [0.1, 0.15) is 17.9 Å². The number of pyridine rings is 1. The Balaban J connectivity index is 1.43. The van der Waals surface area contributed by atoms with Crippen molar-refractivity contribution in [3.63, 3.8) is 0 Å². The highest BCUT2D eigenvalue weighted by atomic mass is 16.5. The Labute approximate surface area is 161 Å². The van der Waals surface area contributed by atoms with E-state index in [1.54, 1.807) is 42.7 Å². The Morgan fingerprint density at radius 1 is 1.18 bits per heavy atom. The van der Waals surface area contributed by atoms with Gasteiger partial charge in [-0.05, 0) is 30.3 Å². The Morgan fingerprint density at radius 3 is 2.86 bits per heavy atom. The first-order chi connectivity index (χ1) is 13.6. The van der Waals surface area contributed by atoms with Gasteiger partial charge < -0.3 is 15.2 Å². The normalized spacial score (nSPS) is 10.1. The highest BCUT2D eigenvalue weighted by Gasteiger charge is 2.11. The molecule has 0 bridgehead atoms. The number of hydrogen-bond acceptors (Lipinski definition) is 6. The standard InChI is InChI=1S/C20H17N5O3/c1-2-14-5-3-7-16(11-14)23-18(27)13-22-17(26)8-9-19-24-20(25-28-19)15-6-4-10-21-12-15/h1,3-7,10-12H,8-9,13H2,(H,22,26)(H,23,27). The van der Waals surface area contributed by atoms with Crippen LogP contribution in [-0.4, -0.2) is 33.5 Å². The summed E-state index contributed by atoms with van der Waals surface area (Å²) in [5, 5.41) is 9.08. The molecule has 8 nitrogen and oxygen atoms in total. The lowest BCUT2D eigenvalue weighted by atomic mass is 10.2. The number of carbonyl (C=O) groups is 2. The minimum absolute atomic E-state index is 0.120. The Morgan fingerprint density at radius 2 is 2.07 bits per heavy atom. The summed E-state index contributed by atoms with van der Waals surface area (Å²) in [5.41, 5.74) is 1.96. The summed E-state index contributed by atoms with van der Waals surface area (Å²) in [5.74, 6) is 2.60. The molecule has 2 N–H and O–H groups in total. The monoisotopic (exact) mass is 375 g/mol. The van der Waals surface area contributed by atoms with Crippen molar-refractivity contribution in [2.45, 2.75) is 12.8 Å². The fraction of sp³-hybridized carbons (Fsp3) is 0.150. The Bertz CT molecular complexity index is 1010. The van der Waals surface area contributed by atoms with Crippen LogP contribution >= 0.6 is 0 Å². The number of anilines is 1. The second-order valence-electron chi connectivity index (χ2n) is 5.80. The molecule has 0 aliphatic heterocycles. The van der Waals surface area contributed by atoms with E-state index in [2.05, 4.69) is 31.7 Å². The zero-order chi connectivity index (χ0) is 19.8. The van der Waals surface area contributed by atoms with Crippen molar-refractivity contribution < 1.29 is 14.1 Å². The van der Waals surface area contributed by atoms with Gasteiger partial charge in [-0.1, -0.05) is 17.1 Å². The zero-order valence-corrected chi connectivity index (χ0v) is 14.9. The van der Waals surface area contributed by atoms with Gasteiger partial charge in [-0.15, -0.1) is 6.42 Å². The Hall–Kier alpha value is -3.99. The summed E-state index contributed by atoms with van der Waals surface area (Å²) in [4.78, 5) is 32.1. The summed E-state index contributed by atoms with van der Waals surface area (Å²) in [6.07, 6.45) is 8.99. The van der Waals surface area contributed by atoms with Crippen LogP contribution in [0, 0.1) is 12.3 Å². The number of carbonyl (C=O) groups excluding carboxylic acids is 2. The molecule has 2 amide bonds. The van der Waals surface area contributed by atoms with Gasteiger partial charge in [0.2, 0.25) is 23.5 Å². The smallest absolute Gasteiger partial charge is 0.243 e. The van der Waals surface area contributed by atoms with Crippen LogP contribution in [0.25, 0.3) is 11.4 Å². The maximum absolute atomic E-state index is 11.9. The summed E-state index contributed by atoms with van der Waals surface area (Å²) in [7, 11) is 0. The van der Waals surface area contributed by atoms with Crippen LogP contribution < -0.4 is 10.6 Å². The van der Waals surface area contributed by atoms with E-state index in [1.807, 2.05) is 6.07 Å². The minimum Gasteiger partial charge on any atom is -0.347 e. The lowest BCUT2D eigenvalue weighted by molar-refractivity contribution is -0.124. The molecule has 2 heterocycles. The van der Waals surface area contributed by atoms with E-state index in [1.165, 1.54) is 0 Å². The first kappa shape index (κ1) is 18.8. The van der Waals surface area contributed by atoms with Gasteiger partial charge in [-0.2, -0.15) is 4.98 Å². The highest BCUT2D eigenvalue weighted by Crippen LogP contribution is 2.14. The SMILES string of the molecule is C#Cc1cccc(NC(=O)CNC(=O)CCc2nc(-c3cccnc3)no2)c1. The number of aryl methyl sites for hydroxylation is 1. The summed E-state index contributed by atoms with van der Waals surface area (Å²) in [6.45, 7) is -0.149. The molecule has 2 aromatic heterocycles. The fourth-order valence-corrected chi connectivity index (χ4v) is 2.35. The third-order valence-electron chi connectivity index (χ3n) is 3.71. The summed E-state index contributed by atoms with van der Waals surface area (Å²) in [6, 6.07) is 10.5. The van der Waals surface area contributed by atoms with Gasteiger partial charge in [0.1, 0.15) is 0 Å².